The largest absolute Gasteiger partial charge is 0.493 e. The average Bonchev–Trinajstić information content (AvgIpc) is 2.83. The molecule has 4 unspecified atom stereocenters. The fourth-order valence-corrected chi connectivity index (χ4v) is 3.05. The molecule has 2 aliphatic heterocycles. The first-order valence-electron chi connectivity index (χ1n) is 5.87. The third kappa shape index (κ3) is 3.08. The molecule has 0 aromatic heterocycles. The summed E-state index contributed by atoms with van der Waals surface area (Å²) < 4.78 is 12.0. The van der Waals surface area contributed by atoms with E-state index in [2.05, 4.69) is 59.0 Å². The van der Waals surface area contributed by atoms with Crippen molar-refractivity contribution in [1.82, 2.24) is 0 Å². The average molecular weight is 462 g/mol. The Morgan fingerprint density at radius 2 is 1.82 bits per heavy atom. The van der Waals surface area contributed by atoms with E-state index >= 15 is 0 Å². The molecule has 2 heterocycles. The highest BCUT2D eigenvalue weighted by Gasteiger charge is 2.37. The number of carbonyl (C=O) groups excluding carboxylic acids is 1. The van der Waals surface area contributed by atoms with Crippen LogP contribution in [0.3, 0.4) is 0 Å². The molecule has 0 aliphatic carbocycles. The van der Waals surface area contributed by atoms with E-state index in [0.717, 1.165) is 24.2 Å². The Morgan fingerprint density at radius 3 is 2.29 bits per heavy atom. The SMILES string of the molecule is CC(I)C1C/C(=C2/CCC(C(C)I)O2)C(=O)O1. The number of hydrogen-bond donors (Lipinski definition) is 0. The van der Waals surface area contributed by atoms with Crippen LogP contribution in [0.25, 0.3) is 0 Å². The van der Waals surface area contributed by atoms with Crippen molar-refractivity contribution in [1.29, 1.82) is 0 Å². The molecule has 2 aliphatic rings. The summed E-state index contributed by atoms with van der Waals surface area (Å²) in [5, 5.41) is 0. The highest BCUT2D eigenvalue weighted by atomic mass is 127. The molecule has 5 heteroatoms. The maximum atomic E-state index is 11.8. The van der Waals surface area contributed by atoms with Gasteiger partial charge in [0.05, 0.1) is 5.57 Å². The molecule has 2 rings (SSSR count). The van der Waals surface area contributed by atoms with Gasteiger partial charge in [-0.1, -0.05) is 45.2 Å². The van der Waals surface area contributed by atoms with Gasteiger partial charge in [0.1, 0.15) is 18.0 Å². The van der Waals surface area contributed by atoms with Crippen LogP contribution in [0, 0.1) is 0 Å². The molecule has 17 heavy (non-hydrogen) atoms. The van der Waals surface area contributed by atoms with Gasteiger partial charge in [0.25, 0.3) is 0 Å². The second kappa shape index (κ2) is 5.63. The standard InChI is InChI=1S/C12H16I2O3/c1-6(13)9-3-4-10(16-9)8-5-11(7(2)14)17-12(8)15/h6-7,9,11H,3-5H2,1-2H3/b10-8+. The van der Waals surface area contributed by atoms with Gasteiger partial charge >= 0.3 is 5.97 Å². The molecule has 2 fully saturated rings. The molecule has 4 atom stereocenters. The second-order valence-corrected chi connectivity index (χ2v) is 8.53. The topological polar surface area (TPSA) is 35.5 Å². The lowest BCUT2D eigenvalue weighted by Gasteiger charge is -2.13. The number of carbonyl (C=O) groups is 1. The van der Waals surface area contributed by atoms with Crippen molar-refractivity contribution in [2.75, 3.05) is 0 Å². The highest BCUT2D eigenvalue weighted by molar-refractivity contribution is 14.1. The van der Waals surface area contributed by atoms with Crippen LogP contribution in [0.4, 0.5) is 0 Å². The third-order valence-corrected chi connectivity index (χ3v) is 4.83. The summed E-state index contributed by atoms with van der Waals surface area (Å²) in [5.41, 5.74) is 0.776. The van der Waals surface area contributed by atoms with Crippen LogP contribution in [-0.4, -0.2) is 26.0 Å². The van der Waals surface area contributed by atoms with Gasteiger partial charge in [0, 0.05) is 20.7 Å². The van der Waals surface area contributed by atoms with Gasteiger partial charge < -0.3 is 9.47 Å². The van der Waals surface area contributed by atoms with Gasteiger partial charge in [0.2, 0.25) is 0 Å². The maximum absolute atomic E-state index is 11.8. The molecule has 0 saturated carbocycles. The van der Waals surface area contributed by atoms with Crippen LogP contribution in [0.15, 0.2) is 11.3 Å². The van der Waals surface area contributed by atoms with Crippen molar-refractivity contribution in [2.45, 2.75) is 53.2 Å². The minimum absolute atomic E-state index is 0.0188. The van der Waals surface area contributed by atoms with Crippen molar-refractivity contribution in [2.24, 2.45) is 0 Å². The number of esters is 1. The number of alkyl halides is 2. The number of ether oxygens (including phenoxy) is 2. The van der Waals surface area contributed by atoms with Crippen LogP contribution >= 0.6 is 45.2 Å². The molecular formula is C12H16I2O3. The Morgan fingerprint density at radius 1 is 1.18 bits per heavy atom. The van der Waals surface area contributed by atoms with Crippen LogP contribution in [0.5, 0.6) is 0 Å². The van der Waals surface area contributed by atoms with Gasteiger partial charge in [-0.25, -0.2) is 4.79 Å². The predicted molar refractivity (Wildman–Crippen MR) is 82.6 cm³/mol. The van der Waals surface area contributed by atoms with Gasteiger partial charge in [0.15, 0.2) is 0 Å². The van der Waals surface area contributed by atoms with E-state index in [1.165, 1.54) is 0 Å². The van der Waals surface area contributed by atoms with Crippen LogP contribution in [-0.2, 0) is 14.3 Å². The van der Waals surface area contributed by atoms with Gasteiger partial charge in [-0.05, 0) is 20.3 Å². The summed E-state index contributed by atoms with van der Waals surface area (Å²) in [5.74, 6) is 0.707. The molecule has 96 valence electrons. The minimum Gasteiger partial charge on any atom is -0.493 e. The predicted octanol–water partition coefficient (Wildman–Crippen LogP) is 3.38. The summed E-state index contributed by atoms with van der Waals surface area (Å²) in [7, 11) is 0. The second-order valence-electron chi connectivity index (χ2n) is 4.60. The van der Waals surface area contributed by atoms with Crippen LogP contribution in [0.2, 0.25) is 0 Å². The van der Waals surface area contributed by atoms with Gasteiger partial charge in [-0.15, -0.1) is 0 Å². The summed E-state index contributed by atoms with van der Waals surface area (Å²) in [6.45, 7) is 4.21. The Labute approximate surface area is 129 Å². The number of hydrogen-bond acceptors (Lipinski definition) is 3. The molecule has 0 radical (unpaired) electrons. The lowest BCUT2D eigenvalue weighted by Crippen LogP contribution is -2.16. The van der Waals surface area contributed by atoms with Crippen molar-refractivity contribution in [3.05, 3.63) is 11.3 Å². The van der Waals surface area contributed by atoms with Crippen molar-refractivity contribution in [3.8, 4) is 0 Å². The van der Waals surface area contributed by atoms with Crippen molar-refractivity contribution < 1.29 is 14.3 Å². The first-order chi connectivity index (χ1) is 7.99. The van der Waals surface area contributed by atoms with Crippen LogP contribution < -0.4 is 0 Å². The number of allylic oxidation sites excluding steroid dienone is 1. The van der Waals surface area contributed by atoms with Crippen LogP contribution in [0.1, 0.15) is 33.1 Å². The van der Waals surface area contributed by atoms with E-state index in [0.29, 0.717) is 14.3 Å². The monoisotopic (exact) mass is 462 g/mol. The van der Waals surface area contributed by atoms with E-state index in [9.17, 15) is 4.79 Å². The summed E-state index contributed by atoms with van der Waals surface area (Å²) >= 11 is 4.67. The lowest BCUT2D eigenvalue weighted by molar-refractivity contribution is -0.138. The molecule has 3 nitrogen and oxygen atoms in total. The first-order valence-corrected chi connectivity index (χ1v) is 8.36. The van der Waals surface area contributed by atoms with E-state index in [4.69, 9.17) is 9.47 Å². The van der Waals surface area contributed by atoms with E-state index in [-0.39, 0.29) is 18.2 Å². The molecule has 0 aromatic rings. The molecule has 2 saturated heterocycles. The first kappa shape index (κ1) is 13.9. The normalized spacial score (nSPS) is 36.6. The molecule has 0 spiro atoms. The lowest BCUT2D eigenvalue weighted by atomic mass is 10.1. The molecule has 0 aromatic carbocycles. The van der Waals surface area contributed by atoms with Crippen molar-refractivity contribution >= 4 is 51.2 Å². The third-order valence-electron chi connectivity index (χ3n) is 3.22. The number of cyclic esters (lactones) is 1. The Hall–Kier alpha value is 0.470. The Kier molecular flexibility index (Phi) is 4.60. The quantitative estimate of drug-likeness (QED) is 0.274. The van der Waals surface area contributed by atoms with E-state index in [1.54, 1.807) is 0 Å². The Bertz CT molecular complexity index is 350. The van der Waals surface area contributed by atoms with Gasteiger partial charge in [-0.2, -0.15) is 0 Å². The van der Waals surface area contributed by atoms with E-state index in [1.807, 2.05) is 0 Å². The summed E-state index contributed by atoms with van der Waals surface area (Å²) in [6.07, 6.45) is 2.87. The molecule has 0 amide bonds. The zero-order chi connectivity index (χ0) is 12.6. The number of halogens is 2. The van der Waals surface area contributed by atoms with Gasteiger partial charge in [-0.3, -0.25) is 0 Å². The molecule has 0 bridgehead atoms. The molecule has 0 N–H and O–H groups in total. The number of rotatable bonds is 2. The minimum atomic E-state index is -0.171. The summed E-state index contributed by atoms with van der Waals surface area (Å²) in [6, 6.07) is 0. The zero-order valence-electron chi connectivity index (χ0n) is 9.91. The zero-order valence-corrected chi connectivity index (χ0v) is 14.2. The van der Waals surface area contributed by atoms with Crippen molar-refractivity contribution in [3.63, 3.8) is 0 Å². The fraction of sp³-hybridized carbons (Fsp3) is 0.750. The smallest absolute Gasteiger partial charge is 0.337 e. The molecular weight excluding hydrogens is 446 g/mol. The van der Waals surface area contributed by atoms with E-state index < -0.39 is 0 Å². The highest BCUT2D eigenvalue weighted by Crippen LogP contribution is 2.36. The fourth-order valence-electron chi connectivity index (χ4n) is 2.14. The maximum Gasteiger partial charge on any atom is 0.337 e. The summed E-state index contributed by atoms with van der Waals surface area (Å²) in [4.78, 5) is 11.8. The Balaban J connectivity index is 2.10.